The van der Waals surface area contributed by atoms with Crippen molar-refractivity contribution >= 4 is 11.8 Å². The van der Waals surface area contributed by atoms with Crippen LogP contribution < -0.4 is 11.1 Å². The number of likely N-dealkylation sites (N-methyl/N-ethyl adjacent to an activating group) is 2. The number of benzene rings is 1. The van der Waals surface area contributed by atoms with Crippen LogP contribution in [0.15, 0.2) is 18.2 Å². The van der Waals surface area contributed by atoms with E-state index in [0.717, 1.165) is 5.56 Å². The lowest BCUT2D eigenvalue weighted by Crippen LogP contribution is -2.39. The minimum Gasteiger partial charge on any atom is -0.358 e. The summed E-state index contributed by atoms with van der Waals surface area (Å²) in [7, 11) is 1.55. The van der Waals surface area contributed by atoms with Gasteiger partial charge in [0.1, 0.15) is 0 Å². The largest absolute Gasteiger partial charge is 0.358 e. The number of nitrogens with one attached hydrogen (secondary N) is 1. The van der Waals surface area contributed by atoms with Crippen molar-refractivity contribution < 1.29 is 9.59 Å². The summed E-state index contributed by atoms with van der Waals surface area (Å²) in [5, 5.41) is 2.52. The van der Waals surface area contributed by atoms with Crippen LogP contribution in [0, 0.1) is 18.8 Å². The van der Waals surface area contributed by atoms with Crippen molar-refractivity contribution in [2.24, 2.45) is 5.73 Å². The highest BCUT2D eigenvalue weighted by atomic mass is 16.2. The Bertz CT molecular complexity index is 585. The highest BCUT2D eigenvalue weighted by Crippen LogP contribution is 2.13. The average Bonchev–Trinajstić information content (AvgIpc) is 2.50. The van der Waals surface area contributed by atoms with Crippen LogP contribution in [0.4, 0.5) is 0 Å². The first-order valence-electron chi connectivity index (χ1n) is 6.82. The van der Waals surface area contributed by atoms with Crippen LogP contribution in [0.3, 0.4) is 0 Å². The number of carbonyl (C=O) groups is 2. The lowest BCUT2D eigenvalue weighted by molar-refractivity contribution is -0.121. The second-order valence-corrected chi connectivity index (χ2v) is 4.55. The van der Waals surface area contributed by atoms with Gasteiger partial charge in [-0.05, 0) is 26.0 Å². The molecule has 0 unspecified atom stereocenters. The minimum atomic E-state index is -0.203. The van der Waals surface area contributed by atoms with Gasteiger partial charge < -0.3 is 16.0 Å². The van der Waals surface area contributed by atoms with E-state index in [1.807, 2.05) is 19.9 Å². The van der Waals surface area contributed by atoms with E-state index in [2.05, 4.69) is 17.2 Å². The van der Waals surface area contributed by atoms with E-state index in [1.54, 1.807) is 19.2 Å². The Morgan fingerprint density at radius 2 is 2.10 bits per heavy atom. The highest BCUT2D eigenvalue weighted by Gasteiger charge is 2.19. The van der Waals surface area contributed by atoms with Crippen LogP contribution in [0.1, 0.15) is 28.4 Å². The van der Waals surface area contributed by atoms with Gasteiger partial charge in [0.25, 0.3) is 5.91 Å². The van der Waals surface area contributed by atoms with Crippen LogP contribution in [-0.2, 0) is 4.79 Å². The summed E-state index contributed by atoms with van der Waals surface area (Å²) in [6.07, 6.45) is 0. The van der Waals surface area contributed by atoms with Crippen molar-refractivity contribution in [3.05, 3.63) is 34.9 Å². The molecule has 1 rings (SSSR count). The molecule has 0 bridgehead atoms. The number of aryl methyl sites for hydroxylation is 1. The maximum Gasteiger partial charge on any atom is 0.255 e. The Kier molecular flexibility index (Phi) is 6.44. The number of nitrogens with two attached hydrogens (primary N) is 1. The quantitative estimate of drug-likeness (QED) is 0.792. The molecule has 0 heterocycles. The van der Waals surface area contributed by atoms with Gasteiger partial charge in [-0.3, -0.25) is 9.59 Å². The summed E-state index contributed by atoms with van der Waals surface area (Å²) in [4.78, 5) is 25.6. The van der Waals surface area contributed by atoms with Crippen LogP contribution in [-0.4, -0.2) is 43.4 Å². The number of carbonyl (C=O) groups excluding carboxylic acids is 2. The molecule has 1 aromatic carbocycles. The lowest BCUT2D eigenvalue weighted by Gasteiger charge is -2.20. The smallest absolute Gasteiger partial charge is 0.255 e. The van der Waals surface area contributed by atoms with Crippen molar-refractivity contribution in [3.63, 3.8) is 0 Å². The standard InChI is InChI=1S/C16H21N3O2/c1-4-19(11-15(20)18-3)16(21)14-10-12(2)7-8-13(14)6-5-9-17/h7-8,10H,4,9,11,17H2,1-3H3,(H,18,20). The summed E-state index contributed by atoms with van der Waals surface area (Å²) in [5.41, 5.74) is 7.48. The molecule has 2 amide bonds. The Morgan fingerprint density at radius 1 is 1.38 bits per heavy atom. The van der Waals surface area contributed by atoms with E-state index in [-0.39, 0.29) is 24.9 Å². The number of hydrogen-bond acceptors (Lipinski definition) is 3. The van der Waals surface area contributed by atoms with Gasteiger partial charge >= 0.3 is 0 Å². The molecule has 0 saturated heterocycles. The van der Waals surface area contributed by atoms with Gasteiger partial charge in [-0.15, -0.1) is 0 Å². The fraction of sp³-hybridized carbons (Fsp3) is 0.375. The molecule has 5 heteroatoms. The van der Waals surface area contributed by atoms with E-state index in [9.17, 15) is 9.59 Å². The summed E-state index contributed by atoms with van der Waals surface area (Å²) in [6, 6.07) is 5.49. The summed E-state index contributed by atoms with van der Waals surface area (Å²) < 4.78 is 0. The zero-order valence-corrected chi connectivity index (χ0v) is 12.7. The van der Waals surface area contributed by atoms with Crippen LogP contribution >= 0.6 is 0 Å². The summed E-state index contributed by atoms with van der Waals surface area (Å²) in [6.45, 7) is 4.46. The monoisotopic (exact) mass is 287 g/mol. The Balaban J connectivity index is 3.14. The highest BCUT2D eigenvalue weighted by molar-refractivity contribution is 5.98. The molecule has 112 valence electrons. The fourth-order valence-electron chi connectivity index (χ4n) is 1.84. The van der Waals surface area contributed by atoms with Crippen molar-refractivity contribution in [2.45, 2.75) is 13.8 Å². The van der Waals surface area contributed by atoms with Gasteiger partial charge in [0.2, 0.25) is 5.91 Å². The zero-order valence-electron chi connectivity index (χ0n) is 12.7. The molecule has 0 radical (unpaired) electrons. The SMILES string of the molecule is CCN(CC(=O)NC)C(=O)c1cc(C)ccc1C#CCN. The third-order valence-corrected chi connectivity index (χ3v) is 3.01. The minimum absolute atomic E-state index is 0.0313. The normalized spacial score (nSPS) is 9.52. The van der Waals surface area contributed by atoms with Gasteiger partial charge in [0.05, 0.1) is 18.7 Å². The molecular formula is C16H21N3O2. The molecular weight excluding hydrogens is 266 g/mol. The average molecular weight is 287 g/mol. The third kappa shape index (κ3) is 4.62. The van der Waals surface area contributed by atoms with Crippen LogP contribution in [0.2, 0.25) is 0 Å². The first-order valence-corrected chi connectivity index (χ1v) is 6.82. The van der Waals surface area contributed by atoms with Gasteiger partial charge in [-0.1, -0.05) is 23.5 Å². The molecule has 0 fully saturated rings. The molecule has 5 nitrogen and oxygen atoms in total. The van der Waals surface area contributed by atoms with Crippen molar-refractivity contribution in [1.29, 1.82) is 0 Å². The molecule has 0 atom stereocenters. The van der Waals surface area contributed by atoms with E-state index < -0.39 is 0 Å². The first-order chi connectivity index (χ1) is 10.0. The summed E-state index contributed by atoms with van der Waals surface area (Å²) >= 11 is 0. The molecule has 1 aromatic rings. The Morgan fingerprint density at radius 3 is 2.67 bits per heavy atom. The predicted octanol–water partition coefficient (Wildman–Crippen LogP) is 0.513. The van der Waals surface area contributed by atoms with E-state index >= 15 is 0 Å². The second kappa shape index (κ2) is 8.08. The van der Waals surface area contributed by atoms with Crippen molar-refractivity contribution in [1.82, 2.24) is 10.2 Å². The molecule has 0 aliphatic carbocycles. The van der Waals surface area contributed by atoms with Crippen molar-refractivity contribution in [3.8, 4) is 11.8 Å². The summed E-state index contributed by atoms with van der Waals surface area (Å²) in [5.74, 6) is 5.26. The van der Waals surface area contributed by atoms with Gasteiger partial charge in [0.15, 0.2) is 0 Å². The lowest BCUT2D eigenvalue weighted by atomic mass is 10.0. The maximum atomic E-state index is 12.6. The Hall–Kier alpha value is -2.32. The zero-order chi connectivity index (χ0) is 15.8. The predicted molar refractivity (Wildman–Crippen MR) is 82.8 cm³/mol. The van der Waals surface area contributed by atoms with Crippen LogP contribution in [0.25, 0.3) is 0 Å². The van der Waals surface area contributed by atoms with Gasteiger partial charge in [-0.25, -0.2) is 0 Å². The maximum absolute atomic E-state index is 12.6. The number of amides is 2. The van der Waals surface area contributed by atoms with E-state index in [1.165, 1.54) is 4.90 Å². The second-order valence-electron chi connectivity index (χ2n) is 4.55. The number of rotatable bonds is 4. The molecule has 0 aliphatic rings. The van der Waals surface area contributed by atoms with Crippen molar-refractivity contribution in [2.75, 3.05) is 26.7 Å². The first kappa shape index (κ1) is 16.7. The molecule has 21 heavy (non-hydrogen) atoms. The number of hydrogen-bond donors (Lipinski definition) is 2. The van der Waals surface area contributed by atoms with Gasteiger partial charge in [-0.2, -0.15) is 0 Å². The molecule has 0 saturated carbocycles. The molecule has 0 spiro atoms. The molecule has 0 aliphatic heterocycles. The number of nitrogens with zero attached hydrogens (tertiary/aromatic N) is 1. The van der Waals surface area contributed by atoms with Crippen LogP contribution in [0.5, 0.6) is 0 Å². The van der Waals surface area contributed by atoms with E-state index in [0.29, 0.717) is 17.7 Å². The van der Waals surface area contributed by atoms with Gasteiger partial charge in [0, 0.05) is 19.2 Å². The van der Waals surface area contributed by atoms with E-state index in [4.69, 9.17) is 5.73 Å². The fourth-order valence-corrected chi connectivity index (χ4v) is 1.84. The molecule has 0 aromatic heterocycles. The Labute approximate surface area is 125 Å². The molecule has 3 N–H and O–H groups in total. The third-order valence-electron chi connectivity index (χ3n) is 3.01. The topological polar surface area (TPSA) is 75.4 Å².